The van der Waals surface area contributed by atoms with Crippen molar-refractivity contribution in [2.45, 2.75) is 56.6 Å². The Bertz CT molecular complexity index is 708. The van der Waals surface area contributed by atoms with E-state index in [9.17, 15) is 4.79 Å². The molecule has 1 saturated carbocycles. The Morgan fingerprint density at radius 3 is 2.64 bits per heavy atom. The molecular weight excluding hydrogens is 332 g/mol. The summed E-state index contributed by atoms with van der Waals surface area (Å²) in [4.78, 5) is 23.7. The maximum absolute atomic E-state index is 12.9. The SMILES string of the molecule is CC[C@@H](NC(=O)N(Cc1ccc(SC)cc1)C1CC1)c1ncc(C)[nH]1. The largest absolute Gasteiger partial charge is 0.344 e. The average Bonchev–Trinajstić information content (AvgIpc) is 3.38. The average molecular weight is 359 g/mol. The van der Waals surface area contributed by atoms with Crippen molar-refractivity contribution in [3.63, 3.8) is 0 Å². The molecule has 1 heterocycles. The normalized spacial score (nSPS) is 15.0. The number of hydrogen-bond donors (Lipinski definition) is 2. The van der Waals surface area contributed by atoms with E-state index in [-0.39, 0.29) is 12.1 Å². The van der Waals surface area contributed by atoms with Gasteiger partial charge in [0.2, 0.25) is 0 Å². The van der Waals surface area contributed by atoms with E-state index in [1.165, 1.54) is 10.5 Å². The minimum absolute atomic E-state index is 0.00246. The number of benzene rings is 1. The lowest BCUT2D eigenvalue weighted by Crippen LogP contribution is -2.42. The predicted octanol–water partition coefficient (Wildman–Crippen LogP) is 4.27. The van der Waals surface area contributed by atoms with E-state index < -0.39 is 0 Å². The monoisotopic (exact) mass is 358 g/mol. The quantitative estimate of drug-likeness (QED) is 0.727. The number of nitrogens with zero attached hydrogens (tertiary/aromatic N) is 2. The molecule has 3 rings (SSSR count). The number of carbonyl (C=O) groups is 1. The number of carbonyl (C=O) groups excluding carboxylic acids is 1. The van der Waals surface area contributed by atoms with Crippen LogP contribution in [-0.2, 0) is 6.54 Å². The van der Waals surface area contributed by atoms with Crippen LogP contribution in [0.15, 0.2) is 35.4 Å². The maximum atomic E-state index is 12.9. The van der Waals surface area contributed by atoms with Gasteiger partial charge in [-0.1, -0.05) is 19.1 Å². The number of imidazole rings is 1. The van der Waals surface area contributed by atoms with E-state index in [0.29, 0.717) is 12.6 Å². The van der Waals surface area contributed by atoms with Crippen LogP contribution in [0.5, 0.6) is 0 Å². The Kier molecular flexibility index (Phi) is 5.68. The van der Waals surface area contributed by atoms with Crippen molar-refractivity contribution in [3.8, 4) is 0 Å². The van der Waals surface area contributed by atoms with Crippen molar-refractivity contribution in [2.24, 2.45) is 0 Å². The first-order valence-corrected chi connectivity index (χ1v) is 10.0. The zero-order chi connectivity index (χ0) is 17.8. The number of amides is 2. The first kappa shape index (κ1) is 17.9. The first-order chi connectivity index (χ1) is 12.1. The number of rotatable bonds is 7. The lowest BCUT2D eigenvalue weighted by molar-refractivity contribution is 0.187. The summed E-state index contributed by atoms with van der Waals surface area (Å²) in [5.74, 6) is 0.827. The lowest BCUT2D eigenvalue weighted by Gasteiger charge is -2.25. The third-order valence-electron chi connectivity index (χ3n) is 4.52. The van der Waals surface area contributed by atoms with Crippen LogP contribution in [0, 0.1) is 6.92 Å². The molecule has 0 saturated heterocycles. The zero-order valence-electron chi connectivity index (χ0n) is 15.1. The van der Waals surface area contributed by atoms with Crippen molar-refractivity contribution in [1.29, 1.82) is 0 Å². The van der Waals surface area contributed by atoms with Crippen LogP contribution in [0.4, 0.5) is 4.79 Å². The summed E-state index contributed by atoms with van der Waals surface area (Å²) < 4.78 is 0. The second-order valence-electron chi connectivity index (χ2n) is 6.57. The van der Waals surface area contributed by atoms with Crippen LogP contribution in [0.3, 0.4) is 0 Å². The number of thioether (sulfide) groups is 1. The van der Waals surface area contributed by atoms with E-state index in [1.807, 2.05) is 11.8 Å². The molecule has 1 aliphatic carbocycles. The molecule has 5 nitrogen and oxygen atoms in total. The molecule has 134 valence electrons. The molecule has 25 heavy (non-hydrogen) atoms. The number of urea groups is 1. The van der Waals surface area contributed by atoms with Gasteiger partial charge in [-0.05, 0) is 50.1 Å². The van der Waals surface area contributed by atoms with Crippen LogP contribution in [0.1, 0.15) is 49.3 Å². The van der Waals surface area contributed by atoms with Gasteiger partial charge in [-0.15, -0.1) is 11.8 Å². The fourth-order valence-corrected chi connectivity index (χ4v) is 3.29. The highest BCUT2D eigenvalue weighted by atomic mass is 32.2. The molecule has 1 fully saturated rings. The standard InChI is InChI=1S/C19H26N4OS/c1-4-17(18-20-11-13(2)21-18)22-19(24)23(15-7-8-15)12-14-5-9-16(25-3)10-6-14/h5-6,9-11,15,17H,4,7-8,12H2,1-3H3,(H,20,21)(H,22,24)/t17-/m1/s1. The minimum Gasteiger partial charge on any atom is -0.344 e. The maximum Gasteiger partial charge on any atom is 0.318 e. The van der Waals surface area contributed by atoms with Gasteiger partial charge < -0.3 is 15.2 Å². The van der Waals surface area contributed by atoms with Gasteiger partial charge in [0.25, 0.3) is 0 Å². The van der Waals surface area contributed by atoms with Gasteiger partial charge in [-0.25, -0.2) is 9.78 Å². The molecule has 0 unspecified atom stereocenters. The summed E-state index contributed by atoms with van der Waals surface area (Å²) in [6.07, 6.45) is 6.86. The molecule has 1 atom stereocenters. The molecule has 0 radical (unpaired) electrons. The van der Waals surface area contributed by atoms with Gasteiger partial charge in [0.05, 0.1) is 6.04 Å². The van der Waals surface area contributed by atoms with Crippen LogP contribution in [0.25, 0.3) is 0 Å². The highest BCUT2D eigenvalue weighted by Crippen LogP contribution is 2.29. The van der Waals surface area contributed by atoms with Gasteiger partial charge in [0.1, 0.15) is 5.82 Å². The Morgan fingerprint density at radius 2 is 2.12 bits per heavy atom. The smallest absolute Gasteiger partial charge is 0.318 e. The Morgan fingerprint density at radius 1 is 1.40 bits per heavy atom. The molecule has 2 amide bonds. The second-order valence-corrected chi connectivity index (χ2v) is 7.45. The van der Waals surface area contributed by atoms with E-state index >= 15 is 0 Å². The van der Waals surface area contributed by atoms with E-state index in [1.54, 1.807) is 18.0 Å². The fraction of sp³-hybridized carbons (Fsp3) is 0.474. The van der Waals surface area contributed by atoms with E-state index in [4.69, 9.17) is 0 Å². The Hall–Kier alpha value is -1.95. The summed E-state index contributed by atoms with van der Waals surface area (Å²) in [6.45, 7) is 4.68. The van der Waals surface area contributed by atoms with Crippen molar-refractivity contribution in [3.05, 3.63) is 47.5 Å². The molecule has 2 aromatic rings. The Labute approximate surface area is 153 Å². The van der Waals surface area contributed by atoms with Crippen LogP contribution >= 0.6 is 11.8 Å². The number of hydrogen-bond acceptors (Lipinski definition) is 3. The van der Waals surface area contributed by atoms with E-state index in [0.717, 1.165) is 30.8 Å². The number of aryl methyl sites for hydroxylation is 1. The summed E-state index contributed by atoms with van der Waals surface area (Å²) >= 11 is 1.73. The number of H-pyrrole nitrogens is 1. The predicted molar refractivity (Wildman–Crippen MR) is 102 cm³/mol. The molecule has 0 spiro atoms. The van der Waals surface area contributed by atoms with Crippen molar-refractivity contribution in [1.82, 2.24) is 20.2 Å². The van der Waals surface area contributed by atoms with Crippen LogP contribution < -0.4 is 5.32 Å². The third-order valence-corrected chi connectivity index (χ3v) is 5.26. The van der Waals surface area contributed by atoms with Crippen LogP contribution in [-0.4, -0.2) is 33.2 Å². The minimum atomic E-state index is -0.0821. The molecule has 6 heteroatoms. The molecular formula is C19H26N4OS. The first-order valence-electron chi connectivity index (χ1n) is 8.82. The van der Waals surface area contributed by atoms with Gasteiger partial charge in [0.15, 0.2) is 0 Å². The topological polar surface area (TPSA) is 61.0 Å². The second kappa shape index (κ2) is 7.95. The molecule has 1 aliphatic rings. The Balaban J connectivity index is 1.67. The fourth-order valence-electron chi connectivity index (χ4n) is 2.89. The number of nitrogens with one attached hydrogen (secondary N) is 2. The molecule has 2 N–H and O–H groups in total. The van der Waals surface area contributed by atoms with Gasteiger partial charge >= 0.3 is 6.03 Å². The van der Waals surface area contributed by atoms with Crippen molar-refractivity contribution < 1.29 is 4.79 Å². The molecule has 0 bridgehead atoms. The van der Waals surface area contributed by atoms with E-state index in [2.05, 4.69) is 52.7 Å². The van der Waals surface area contributed by atoms with Gasteiger partial charge in [0, 0.05) is 29.4 Å². The zero-order valence-corrected chi connectivity index (χ0v) is 15.9. The number of aromatic nitrogens is 2. The lowest BCUT2D eigenvalue weighted by atomic mass is 10.2. The van der Waals surface area contributed by atoms with Crippen LogP contribution in [0.2, 0.25) is 0 Å². The highest BCUT2D eigenvalue weighted by Gasteiger charge is 2.33. The van der Waals surface area contributed by atoms with Crippen molar-refractivity contribution in [2.75, 3.05) is 6.26 Å². The molecule has 0 aliphatic heterocycles. The molecule has 1 aromatic heterocycles. The third kappa shape index (κ3) is 4.57. The number of aromatic amines is 1. The van der Waals surface area contributed by atoms with Gasteiger partial charge in [-0.2, -0.15) is 0 Å². The highest BCUT2D eigenvalue weighted by molar-refractivity contribution is 7.98. The van der Waals surface area contributed by atoms with Gasteiger partial charge in [-0.3, -0.25) is 0 Å². The summed E-state index contributed by atoms with van der Waals surface area (Å²) in [7, 11) is 0. The summed E-state index contributed by atoms with van der Waals surface area (Å²) in [5.41, 5.74) is 2.18. The molecule has 1 aromatic carbocycles. The van der Waals surface area contributed by atoms with Crippen molar-refractivity contribution >= 4 is 17.8 Å². The summed E-state index contributed by atoms with van der Waals surface area (Å²) in [5, 5.41) is 3.15. The summed E-state index contributed by atoms with van der Waals surface area (Å²) in [6, 6.07) is 8.73.